The Balaban J connectivity index is 1.50. The number of carbonyl (C=O) groups excluding carboxylic acids is 1. The van der Waals surface area contributed by atoms with Gasteiger partial charge in [-0.1, -0.05) is 24.3 Å². The topological polar surface area (TPSA) is 76.1 Å². The Hall–Kier alpha value is -3.48. The van der Waals surface area contributed by atoms with E-state index in [-0.39, 0.29) is 18.1 Å². The van der Waals surface area contributed by atoms with E-state index in [1.54, 1.807) is 31.4 Å². The van der Waals surface area contributed by atoms with Gasteiger partial charge >= 0.3 is 0 Å². The van der Waals surface area contributed by atoms with Crippen LogP contribution >= 0.6 is 0 Å². The van der Waals surface area contributed by atoms with Gasteiger partial charge in [-0.05, 0) is 47.5 Å². The van der Waals surface area contributed by atoms with Crippen LogP contribution in [0.5, 0.6) is 5.75 Å². The van der Waals surface area contributed by atoms with Crippen LogP contribution in [0.4, 0.5) is 16.0 Å². The number of nitrogens with zero attached hydrogens (tertiary/aromatic N) is 2. The fraction of sp³-hybridized carbons (Fsp3) is 0.150. The minimum atomic E-state index is -0.270. The highest BCUT2D eigenvalue weighted by atomic mass is 19.1. The zero-order chi connectivity index (χ0) is 19.1. The van der Waals surface area contributed by atoms with Gasteiger partial charge in [-0.15, -0.1) is 10.2 Å². The summed E-state index contributed by atoms with van der Waals surface area (Å²) in [5.74, 6) is 1.23. The minimum Gasteiger partial charge on any atom is -0.497 e. The molecule has 0 aliphatic rings. The molecule has 7 heteroatoms. The maximum atomic E-state index is 12.9. The zero-order valence-corrected chi connectivity index (χ0v) is 14.8. The van der Waals surface area contributed by atoms with Crippen molar-refractivity contribution in [2.45, 2.75) is 13.0 Å². The first-order valence-corrected chi connectivity index (χ1v) is 8.37. The number of hydrogen-bond acceptors (Lipinski definition) is 5. The summed E-state index contributed by atoms with van der Waals surface area (Å²) in [5.41, 5.74) is 1.80. The van der Waals surface area contributed by atoms with Crippen molar-refractivity contribution in [2.24, 2.45) is 0 Å². The Morgan fingerprint density at radius 2 is 1.56 bits per heavy atom. The zero-order valence-electron chi connectivity index (χ0n) is 14.8. The fourth-order valence-electron chi connectivity index (χ4n) is 2.40. The molecule has 0 spiro atoms. The van der Waals surface area contributed by atoms with Gasteiger partial charge in [0.05, 0.1) is 13.5 Å². The number of amides is 1. The summed E-state index contributed by atoms with van der Waals surface area (Å²) < 4.78 is 18.0. The van der Waals surface area contributed by atoms with Crippen LogP contribution in [0.3, 0.4) is 0 Å². The highest BCUT2D eigenvalue weighted by Crippen LogP contribution is 2.13. The van der Waals surface area contributed by atoms with Gasteiger partial charge in [0.1, 0.15) is 17.4 Å². The van der Waals surface area contributed by atoms with Crippen LogP contribution in [-0.2, 0) is 17.8 Å². The minimum absolute atomic E-state index is 0.179. The number of nitrogens with one attached hydrogen (secondary N) is 2. The monoisotopic (exact) mass is 366 g/mol. The first kappa shape index (κ1) is 18.3. The number of rotatable bonds is 7. The molecule has 0 fully saturated rings. The number of hydrogen-bond donors (Lipinski definition) is 2. The lowest BCUT2D eigenvalue weighted by Gasteiger charge is -2.07. The third-order valence-electron chi connectivity index (χ3n) is 3.84. The standard InChI is InChI=1S/C20H19FN4O2/c1-27-17-8-4-14(5-9-17)12-20(26)23-19-11-10-18(24-25-19)22-13-15-2-6-16(21)7-3-15/h2-11H,12-13H2,1H3,(H,22,24)(H,23,25,26). The van der Waals surface area contributed by atoms with E-state index in [0.29, 0.717) is 18.2 Å². The van der Waals surface area contributed by atoms with E-state index in [9.17, 15) is 9.18 Å². The second-order valence-corrected chi connectivity index (χ2v) is 5.86. The van der Waals surface area contributed by atoms with Crippen LogP contribution in [-0.4, -0.2) is 23.2 Å². The second-order valence-electron chi connectivity index (χ2n) is 5.86. The normalized spacial score (nSPS) is 10.3. The predicted molar refractivity (Wildman–Crippen MR) is 101 cm³/mol. The fourth-order valence-corrected chi connectivity index (χ4v) is 2.40. The lowest BCUT2D eigenvalue weighted by atomic mass is 10.1. The SMILES string of the molecule is COc1ccc(CC(=O)Nc2ccc(NCc3ccc(F)cc3)nn2)cc1. The second kappa shape index (κ2) is 8.75. The summed E-state index contributed by atoms with van der Waals surface area (Å²) in [4.78, 5) is 12.1. The van der Waals surface area contributed by atoms with Crippen LogP contribution in [0.15, 0.2) is 60.7 Å². The molecule has 0 unspecified atom stereocenters. The van der Waals surface area contributed by atoms with Crippen molar-refractivity contribution >= 4 is 17.5 Å². The molecule has 1 aromatic heterocycles. The van der Waals surface area contributed by atoms with Crippen LogP contribution in [0.1, 0.15) is 11.1 Å². The third-order valence-corrected chi connectivity index (χ3v) is 3.84. The van der Waals surface area contributed by atoms with Crippen LogP contribution in [0.25, 0.3) is 0 Å². The highest BCUT2D eigenvalue weighted by molar-refractivity contribution is 5.91. The molecule has 0 saturated heterocycles. The van der Waals surface area contributed by atoms with E-state index in [1.165, 1.54) is 12.1 Å². The molecule has 27 heavy (non-hydrogen) atoms. The first-order valence-electron chi connectivity index (χ1n) is 8.37. The average Bonchev–Trinajstić information content (AvgIpc) is 2.69. The van der Waals surface area contributed by atoms with E-state index in [1.807, 2.05) is 24.3 Å². The smallest absolute Gasteiger partial charge is 0.229 e. The molecule has 1 amide bonds. The summed E-state index contributed by atoms with van der Waals surface area (Å²) in [5, 5.41) is 13.8. The lowest BCUT2D eigenvalue weighted by molar-refractivity contribution is -0.115. The molecule has 0 bridgehead atoms. The van der Waals surface area contributed by atoms with E-state index in [0.717, 1.165) is 16.9 Å². The van der Waals surface area contributed by atoms with Gasteiger partial charge in [0.15, 0.2) is 5.82 Å². The van der Waals surface area contributed by atoms with Gasteiger partial charge in [-0.3, -0.25) is 4.79 Å². The molecule has 2 N–H and O–H groups in total. The largest absolute Gasteiger partial charge is 0.497 e. The van der Waals surface area contributed by atoms with Gasteiger partial charge in [0.2, 0.25) is 5.91 Å². The maximum Gasteiger partial charge on any atom is 0.229 e. The highest BCUT2D eigenvalue weighted by Gasteiger charge is 2.06. The van der Waals surface area contributed by atoms with Crippen LogP contribution in [0, 0.1) is 5.82 Å². The Morgan fingerprint density at radius 1 is 0.926 bits per heavy atom. The van der Waals surface area contributed by atoms with Crippen molar-refractivity contribution in [1.82, 2.24) is 10.2 Å². The molecule has 138 valence electrons. The predicted octanol–water partition coefficient (Wildman–Crippen LogP) is 3.42. The number of carbonyl (C=O) groups is 1. The lowest BCUT2D eigenvalue weighted by Crippen LogP contribution is -2.16. The van der Waals surface area contributed by atoms with Gasteiger partial charge in [0, 0.05) is 6.54 Å². The quantitative estimate of drug-likeness (QED) is 0.670. The summed E-state index contributed by atoms with van der Waals surface area (Å²) in [6.45, 7) is 0.498. The van der Waals surface area contributed by atoms with Gasteiger partial charge in [0.25, 0.3) is 0 Å². The molecule has 3 rings (SSSR count). The molecule has 0 saturated carbocycles. The van der Waals surface area contributed by atoms with Crippen LogP contribution < -0.4 is 15.4 Å². The Morgan fingerprint density at radius 3 is 2.19 bits per heavy atom. The molecule has 1 heterocycles. The van der Waals surface area contributed by atoms with Crippen molar-refractivity contribution < 1.29 is 13.9 Å². The van der Waals surface area contributed by atoms with Crippen LogP contribution in [0.2, 0.25) is 0 Å². The van der Waals surface area contributed by atoms with Crippen molar-refractivity contribution in [1.29, 1.82) is 0 Å². The molecule has 0 radical (unpaired) electrons. The Bertz CT molecular complexity index is 881. The van der Waals surface area contributed by atoms with Crippen molar-refractivity contribution in [3.8, 4) is 5.75 Å². The number of methoxy groups -OCH3 is 1. The molecule has 0 aliphatic carbocycles. The van der Waals surface area contributed by atoms with Gasteiger partial charge < -0.3 is 15.4 Å². The third kappa shape index (κ3) is 5.50. The first-order chi connectivity index (χ1) is 13.1. The number of benzene rings is 2. The van der Waals surface area contributed by atoms with E-state index >= 15 is 0 Å². The van der Waals surface area contributed by atoms with Crippen molar-refractivity contribution in [3.63, 3.8) is 0 Å². The summed E-state index contributed by atoms with van der Waals surface area (Å²) in [6, 6.07) is 16.9. The average molecular weight is 366 g/mol. The summed E-state index contributed by atoms with van der Waals surface area (Å²) in [7, 11) is 1.60. The number of ether oxygens (including phenoxy) is 1. The molecular weight excluding hydrogens is 347 g/mol. The summed E-state index contributed by atoms with van der Waals surface area (Å²) in [6.07, 6.45) is 0.232. The number of aromatic nitrogens is 2. The molecule has 2 aromatic carbocycles. The Labute approximate surface area is 156 Å². The van der Waals surface area contributed by atoms with Gasteiger partial charge in [-0.25, -0.2) is 4.39 Å². The van der Waals surface area contributed by atoms with E-state index < -0.39 is 0 Å². The number of halogens is 1. The van der Waals surface area contributed by atoms with Crippen molar-refractivity contribution in [2.75, 3.05) is 17.7 Å². The van der Waals surface area contributed by atoms with Gasteiger partial charge in [-0.2, -0.15) is 0 Å². The molecule has 0 aliphatic heterocycles. The molecule has 0 atom stereocenters. The maximum absolute atomic E-state index is 12.9. The summed E-state index contributed by atoms with van der Waals surface area (Å²) >= 11 is 0. The van der Waals surface area contributed by atoms with E-state index in [4.69, 9.17) is 4.74 Å². The molecule has 6 nitrogen and oxygen atoms in total. The van der Waals surface area contributed by atoms with Crippen molar-refractivity contribution in [3.05, 3.63) is 77.6 Å². The molecular formula is C20H19FN4O2. The Kier molecular flexibility index (Phi) is 5.94. The molecule has 3 aromatic rings. The number of anilines is 2. The van der Waals surface area contributed by atoms with E-state index in [2.05, 4.69) is 20.8 Å².